The smallest absolute Gasteiger partial charge is 0.355 e. The number of aromatic nitrogens is 1. The summed E-state index contributed by atoms with van der Waals surface area (Å²) in [7, 11) is -3.89. The molecule has 0 aliphatic heterocycles. The maximum absolute atomic E-state index is 12.6. The van der Waals surface area contributed by atoms with Crippen LogP contribution in [0.5, 0.6) is 0 Å². The molecule has 0 fully saturated rings. The molecule has 10 heteroatoms. The van der Waals surface area contributed by atoms with Crippen LogP contribution in [0.2, 0.25) is 0 Å². The quantitative estimate of drug-likeness (QED) is 0.341. The number of carbonyl (C=O) groups excluding carboxylic acids is 3. The Morgan fingerprint density at radius 2 is 1.87 bits per heavy atom. The number of sulfonamides is 1. The zero-order chi connectivity index (χ0) is 23.2. The number of hydrogen-bond donors (Lipinski definition) is 2. The molecule has 0 saturated heterocycles. The average molecular weight is 446 g/mol. The van der Waals surface area contributed by atoms with E-state index in [1.165, 1.54) is 18.2 Å². The zero-order valence-corrected chi connectivity index (χ0v) is 18.1. The van der Waals surface area contributed by atoms with Gasteiger partial charge in [-0.05, 0) is 44.5 Å². The van der Waals surface area contributed by atoms with Crippen LogP contribution in [0.1, 0.15) is 49.4 Å². The number of Topliss-reactive ketones (excluding diaryl/α,β-unsaturated/α-hetero) is 1. The Kier molecular flexibility index (Phi) is 7.74. The normalized spacial score (nSPS) is 10.9. The first-order valence-corrected chi connectivity index (χ1v) is 10.7. The van der Waals surface area contributed by atoms with E-state index in [-0.39, 0.29) is 34.9 Å². The van der Waals surface area contributed by atoms with E-state index >= 15 is 0 Å². The molecule has 0 spiro atoms. The number of terminal acetylenes is 1. The van der Waals surface area contributed by atoms with Gasteiger partial charge in [0.2, 0.25) is 15.8 Å². The van der Waals surface area contributed by atoms with Gasteiger partial charge in [-0.2, -0.15) is 4.72 Å². The molecule has 1 aromatic carbocycles. The third-order valence-corrected chi connectivity index (χ3v) is 5.67. The minimum absolute atomic E-state index is 0.0499. The zero-order valence-electron chi connectivity index (χ0n) is 17.3. The summed E-state index contributed by atoms with van der Waals surface area (Å²) in [5, 5.41) is 0. The predicted octanol–water partition coefficient (Wildman–Crippen LogP) is 1.76. The van der Waals surface area contributed by atoms with Crippen LogP contribution < -0.4 is 4.72 Å². The number of nitrogens with one attached hydrogen (secondary N) is 2. The number of ketones is 1. The largest absolute Gasteiger partial charge is 0.461 e. The molecule has 31 heavy (non-hydrogen) atoms. The molecule has 164 valence electrons. The van der Waals surface area contributed by atoms with Crippen LogP contribution in [0.3, 0.4) is 0 Å². The Morgan fingerprint density at radius 1 is 1.16 bits per heavy atom. The highest BCUT2D eigenvalue weighted by molar-refractivity contribution is 7.89. The van der Waals surface area contributed by atoms with Crippen LogP contribution in [0.15, 0.2) is 29.2 Å². The Morgan fingerprint density at radius 3 is 2.52 bits per heavy atom. The topological polar surface area (TPSA) is 132 Å². The number of ether oxygens (including phenoxy) is 2. The fourth-order valence-electron chi connectivity index (χ4n) is 2.87. The molecule has 0 aliphatic rings. The van der Waals surface area contributed by atoms with Gasteiger partial charge in [0.05, 0.1) is 23.6 Å². The molecular weight excluding hydrogens is 424 g/mol. The van der Waals surface area contributed by atoms with E-state index in [0.717, 1.165) is 6.07 Å². The summed E-state index contributed by atoms with van der Waals surface area (Å²) in [6.07, 6.45) is 5.05. The van der Waals surface area contributed by atoms with Crippen molar-refractivity contribution in [1.82, 2.24) is 9.71 Å². The van der Waals surface area contributed by atoms with Gasteiger partial charge in [0, 0.05) is 11.3 Å². The van der Waals surface area contributed by atoms with Gasteiger partial charge in [0.25, 0.3) is 0 Å². The second kappa shape index (κ2) is 10.1. The SMILES string of the molecule is C#CCNS(=O)(=O)c1cccc(C(=O)OCC(=O)c2c(C)[nH]c(C(=O)OCC)c2C)c1. The third-order valence-electron chi connectivity index (χ3n) is 4.27. The van der Waals surface area contributed by atoms with Gasteiger partial charge < -0.3 is 14.5 Å². The standard InChI is InChI=1S/C21H22N2O7S/c1-5-10-22-31(27,28)16-9-7-8-15(11-16)20(25)30-12-17(24)18-13(3)19(23-14(18)4)21(26)29-6-2/h1,7-9,11,22-23H,6,10,12H2,2-4H3. The van der Waals surface area contributed by atoms with Gasteiger partial charge in [-0.1, -0.05) is 12.0 Å². The van der Waals surface area contributed by atoms with Gasteiger partial charge in [-0.3, -0.25) is 4.79 Å². The summed E-state index contributed by atoms with van der Waals surface area (Å²) >= 11 is 0. The molecule has 2 rings (SSSR count). The number of esters is 2. The van der Waals surface area contributed by atoms with Crippen molar-refractivity contribution < 1.29 is 32.3 Å². The van der Waals surface area contributed by atoms with Crippen molar-refractivity contribution in [3.8, 4) is 12.3 Å². The monoisotopic (exact) mass is 446 g/mol. The maximum atomic E-state index is 12.6. The van der Waals surface area contributed by atoms with Crippen LogP contribution in [-0.2, 0) is 19.5 Å². The molecule has 1 heterocycles. The van der Waals surface area contributed by atoms with Gasteiger partial charge >= 0.3 is 11.9 Å². The Bertz CT molecular complexity index is 1160. The summed E-state index contributed by atoms with van der Waals surface area (Å²) in [5.74, 6) is 0.171. The molecule has 0 unspecified atom stereocenters. The van der Waals surface area contributed by atoms with E-state index in [9.17, 15) is 22.8 Å². The van der Waals surface area contributed by atoms with Crippen molar-refractivity contribution in [3.05, 3.63) is 52.3 Å². The lowest BCUT2D eigenvalue weighted by Gasteiger charge is -2.08. The number of aryl methyl sites for hydroxylation is 1. The van der Waals surface area contributed by atoms with Gasteiger partial charge in [0.1, 0.15) is 5.69 Å². The maximum Gasteiger partial charge on any atom is 0.355 e. The van der Waals surface area contributed by atoms with Gasteiger partial charge in [-0.15, -0.1) is 6.42 Å². The van der Waals surface area contributed by atoms with E-state index in [4.69, 9.17) is 15.9 Å². The summed E-state index contributed by atoms with van der Waals surface area (Å²) in [6, 6.07) is 5.15. The number of carbonyl (C=O) groups is 3. The summed E-state index contributed by atoms with van der Waals surface area (Å²) < 4.78 is 36.5. The first kappa shape index (κ1) is 23.9. The number of H-pyrrole nitrogens is 1. The fraction of sp³-hybridized carbons (Fsp3) is 0.286. The molecule has 0 radical (unpaired) electrons. The lowest BCUT2D eigenvalue weighted by atomic mass is 10.1. The van der Waals surface area contributed by atoms with Crippen LogP contribution >= 0.6 is 0 Å². The van der Waals surface area contributed by atoms with Gasteiger partial charge in [0.15, 0.2) is 6.61 Å². The highest BCUT2D eigenvalue weighted by Gasteiger charge is 2.24. The second-order valence-electron chi connectivity index (χ2n) is 6.40. The van der Waals surface area contributed by atoms with Crippen molar-refractivity contribution in [2.24, 2.45) is 0 Å². The lowest BCUT2D eigenvalue weighted by molar-refractivity contribution is 0.0472. The fourth-order valence-corrected chi connectivity index (χ4v) is 3.85. The summed E-state index contributed by atoms with van der Waals surface area (Å²) in [4.78, 5) is 39.5. The van der Waals surface area contributed by atoms with Crippen molar-refractivity contribution in [1.29, 1.82) is 0 Å². The van der Waals surface area contributed by atoms with E-state index in [0.29, 0.717) is 11.3 Å². The van der Waals surface area contributed by atoms with E-state index < -0.39 is 34.4 Å². The molecule has 2 N–H and O–H groups in total. The van der Waals surface area contributed by atoms with E-state index in [1.807, 2.05) is 0 Å². The van der Waals surface area contributed by atoms with Crippen molar-refractivity contribution >= 4 is 27.7 Å². The van der Waals surface area contributed by atoms with E-state index in [1.54, 1.807) is 20.8 Å². The van der Waals surface area contributed by atoms with Crippen LogP contribution in [0.25, 0.3) is 0 Å². The number of aromatic amines is 1. The molecule has 0 atom stereocenters. The average Bonchev–Trinajstić information content (AvgIpc) is 3.04. The minimum Gasteiger partial charge on any atom is -0.461 e. The lowest BCUT2D eigenvalue weighted by Crippen LogP contribution is -2.24. The highest BCUT2D eigenvalue weighted by atomic mass is 32.2. The van der Waals surface area contributed by atoms with Crippen LogP contribution in [-0.4, -0.2) is 50.9 Å². The van der Waals surface area contributed by atoms with Crippen molar-refractivity contribution in [3.63, 3.8) is 0 Å². The first-order valence-electron chi connectivity index (χ1n) is 9.22. The predicted molar refractivity (Wildman–Crippen MR) is 111 cm³/mol. The second-order valence-corrected chi connectivity index (χ2v) is 8.17. The Hall–Kier alpha value is -3.42. The van der Waals surface area contributed by atoms with Crippen molar-refractivity contribution in [2.75, 3.05) is 19.8 Å². The molecule has 1 aromatic heterocycles. The third kappa shape index (κ3) is 5.59. The molecule has 0 amide bonds. The Labute approximate surface area is 180 Å². The van der Waals surface area contributed by atoms with Crippen LogP contribution in [0, 0.1) is 26.2 Å². The summed E-state index contributed by atoms with van der Waals surface area (Å²) in [6.45, 7) is 4.26. The number of rotatable bonds is 9. The van der Waals surface area contributed by atoms with Gasteiger partial charge in [-0.25, -0.2) is 18.0 Å². The molecule has 0 aliphatic carbocycles. The van der Waals surface area contributed by atoms with Crippen molar-refractivity contribution in [2.45, 2.75) is 25.7 Å². The molecule has 0 bridgehead atoms. The van der Waals surface area contributed by atoms with E-state index in [2.05, 4.69) is 15.6 Å². The molecular formula is C21H22N2O7S. The number of benzene rings is 1. The van der Waals surface area contributed by atoms with Crippen LogP contribution in [0.4, 0.5) is 0 Å². The summed E-state index contributed by atoms with van der Waals surface area (Å²) in [5.41, 5.74) is 1.17. The molecule has 2 aromatic rings. The first-order chi connectivity index (χ1) is 14.6. The Balaban J connectivity index is 2.14. The number of hydrogen-bond acceptors (Lipinski definition) is 7. The highest BCUT2D eigenvalue weighted by Crippen LogP contribution is 2.20. The molecule has 9 nitrogen and oxygen atoms in total. The minimum atomic E-state index is -3.89. The molecule has 0 saturated carbocycles.